The van der Waals surface area contributed by atoms with Crippen molar-refractivity contribution in [1.82, 2.24) is 14.5 Å². The molecule has 0 bridgehead atoms. The minimum atomic E-state index is -3.47. The number of carbonyl (C=O) groups is 1. The Balaban J connectivity index is 1.50. The second-order valence-corrected chi connectivity index (χ2v) is 10.9. The van der Waals surface area contributed by atoms with Gasteiger partial charge in [-0.1, -0.05) is 30.0 Å². The lowest BCUT2D eigenvalue weighted by Crippen LogP contribution is -2.41. The van der Waals surface area contributed by atoms with Crippen LogP contribution in [0.5, 0.6) is 0 Å². The highest BCUT2D eigenvalue weighted by Crippen LogP contribution is 2.34. The van der Waals surface area contributed by atoms with Crippen molar-refractivity contribution in [3.05, 3.63) is 51.9 Å². The summed E-state index contributed by atoms with van der Waals surface area (Å²) in [7, 11) is -3.47. The molecule has 1 aromatic carbocycles. The SMILES string of the molecule is Cc1nc2n(c(=O)c1C)C(CC(=O)N1CCCC1CS(=O)(=O)c1ccccc1)CS2. The fraction of sp³-hybridized carbons (Fsp3) is 0.476. The van der Waals surface area contributed by atoms with Crippen LogP contribution in [0, 0.1) is 13.8 Å². The zero-order valence-electron chi connectivity index (χ0n) is 17.1. The molecule has 9 heteroatoms. The van der Waals surface area contributed by atoms with Gasteiger partial charge in [0.15, 0.2) is 15.0 Å². The summed E-state index contributed by atoms with van der Waals surface area (Å²) in [5, 5.41) is 0.658. The van der Waals surface area contributed by atoms with Crippen LogP contribution in [0.3, 0.4) is 0 Å². The van der Waals surface area contributed by atoms with Gasteiger partial charge in [-0.05, 0) is 38.8 Å². The Kier molecular flexibility index (Phi) is 5.76. The molecule has 3 heterocycles. The molecule has 4 rings (SSSR count). The molecule has 0 N–H and O–H groups in total. The van der Waals surface area contributed by atoms with Crippen molar-refractivity contribution in [2.24, 2.45) is 0 Å². The Morgan fingerprint density at radius 3 is 2.67 bits per heavy atom. The van der Waals surface area contributed by atoms with Crippen LogP contribution in [0.25, 0.3) is 0 Å². The fourth-order valence-electron chi connectivity index (χ4n) is 4.16. The topological polar surface area (TPSA) is 89.3 Å². The summed E-state index contributed by atoms with van der Waals surface area (Å²) in [5.41, 5.74) is 1.23. The van der Waals surface area contributed by atoms with Crippen LogP contribution in [0.4, 0.5) is 0 Å². The molecule has 2 atom stereocenters. The van der Waals surface area contributed by atoms with Gasteiger partial charge in [0.05, 0.1) is 16.7 Å². The standard InChI is InChI=1S/C21H25N3O4S2/c1-14-15(2)22-21-24(20(14)26)17(12-29-21)11-19(25)23-10-6-7-16(23)13-30(27,28)18-8-4-3-5-9-18/h3-5,8-9,16-17H,6-7,10-13H2,1-2H3. The molecule has 2 aromatic rings. The van der Waals surface area contributed by atoms with Crippen molar-refractivity contribution in [2.45, 2.75) is 55.2 Å². The van der Waals surface area contributed by atoms with Crippen LogP contribution >= 0.6 is 11.8 Å². The molecular weight excluding hydrogens is 422 g/mol. The van der Waals surface area contributed by atoms with Crippen LogP contribution in [0.15, 0.2) is 45.2 Å². The van der Waals surface area contributed by atoms with Crippen LogP contribution < -0.4 is 5.56 Å². The third-order valence-electron chi connectivity index (χ3n) is 5.94. The smallest absolute Gasteiger partial charge is 0.257 e. The summed E-state index contributed by atoms with van der Waals surface area (Å²) >= 11 is 1.49. The van der Waals surface area contributed by atoms with Crippen molar-refractivity contribution in [2.75, 3.05) is 18.1 Å². The minimum Gasteiger partial charge on any atom is -0.339 e. The molecule has 1 fully saturated rings. The molecule has 1 aromatic heterocycles. The van der Waals surface area contributed by atoms with Crippen LogP contribution in [-0.4, -0.2) is 52.9 Å². The number of hydrogen-bond acceptors (Lipinski definition) is 6. The average Bonchev–Trinajstić information content (AvgIpc) is 3.33. The summed E-state index contributed by atoms with van der Waals surface area (Å²) in [6, 6.07) is 7.79. The molecule has 30 heavy (non-hydrogen) atoms. The van der Waals surface area contributed by atoms with E-state index in [-0.39, 0.29) is 40.6 Å². The average molecular weight is 448 g/mol. The van der Waals surface area contributed by atoms with E-state index < -0.39 is 9.84 Å². The highest BCUT2D eigenvalue weighted by Gasteiger charge is 2.36. The van der Waals surface area contributed by atoms with Gasteiger partial charge in [0.25, 0.3) is 5.56 Å². The molecule has 160 valence electrons. The first-order valence-electron chi connectivity index (χ1n) is 10.1. The zero-order valence-corrected chi connectivity index (χ0v) is 18.7. The summed E-state index contributed by atoms with van der Waals surface area (Å²) < 4.78 is 27.2. The summed E-state index contributed by atoms with van der Waals surface area (Å²) in [6.07, 6.45) is 1.65. The number of rotatable bonds is 5. The molecule has 0 saturated carbocycles. The number of benzene rings is 1. The molecular formula is C21H25N3O4S2. The van der Waals surface area contributed by atoms with Gasteiger partial charge in [-0.25, -0.2) is 13.4 Å². The van der Waals surface area contributed by atoms with Gasteiger partial charge in [-0.2, -0.15) is 0 Å². The maximum absolute atomic E-state index is 13.1. The number of fused-ring (bicyclic) bond motifs is 1. The van der Waals surface area contributed by atoms with Crippen LogP contribution in [0.1, 0.15) is 36.6 Å². The molecule has 0 radical (unpaired) electrons. The Bertz CT molecular complexity index is 1130. The second kappa shape index (κ2) is 8.19. The third-order valence-corrected chi connectivity index (χ3v) is 8.86. The largest absolute Gasteiger partial charge is 0.339 e. The van der Waals surface area contributed by atoms with Gasteiger partial charge in [-0.3, -0.25) is 14.2 Å². The summed E-state index contributed by atoms with van der Waals surface area (Å²) in [4.78, 5) is 32.3. The number of likely N-dealkylation sites (tertiary alicyclic amines) is 1. The number of aryl methyl sites for hydroxylation is 1. The summed E-state index contributed by atoms with van der Waals surface area (Å²) in [6.45, 7) is 4.13. The van der Waals surface area contributed by atoms with E-state index in [0.29, 0.717) is 29.4 Å². The van der Waals surface area contributed by atoms with E-state index in [1.807, 2.05) is 6.92 Å². The lowest BCUT2D eigenvalue weighted by atomic mass is 10.1. The molecule has 1 amide bonds. The van der Waals surface area contributed by atoms with E-state index >= 15 is 0 Å². The molecule has 2 aliphatic heterocycles. The first kappa shape index (κ1) is 21.1. The number of carbonyl (C=O) groups excluding carboxylic acids is 1. The number of hydrogen-bond donors (Lipinski definition) is 0. The molecule has 0 spiro atoms. The van der Waals surface area contributed by atoms with E-state index in [1.165, 1.54) is 11.8 Å². The van der Waals surface area contributed by atoms with Gasteiger partial charge >= 0.3 is 0 Å². The number of nitrogens with zero attached hydrogens (tertiary/aromatic N) is 3. The van der Waals surface area contributed by atoms with Crippen molar-refractivity contribution >= 4 is 27.5 Å². The molecule has 2 unspecified atom stereocenters. The van der Waals surface area contributed by atoms with E-state index in [1.54, 1.807) is 46.7 Å². The van der Waals surface area contributed by atoms with Gasteiger partial charge in [0, 0.05) is 36.0 Å². The van der Waals surface area contributed by atoms with E-state index in [0.717, 1.165) is 12.1 Å². The van der Waals surface area contributed by atoms with Crippen molar-refractivity contribution in [3.63, 3.8) is 0 Å². The molecule has 0 aliphatic carbocycles. The van der Waals surface area contributed by atoms with E-state index in [4.69, 9.17) is 0 Å². The molecule has 7 nitrogen and oxygen atoms in total. The number of sulfone groups is 1. The lowest BCUT2D eigenvalue weighted by Gasteiger charge is -2.26. The van der Waals surface area contributed by atoms with Gasteiger partial charge in [-0.15, -0.1) is 0 Å². The van der Waals surface area contributed by atoms with Crippen molar-refractivity contribution in [1.29, 1.82) is 0 Å². The monoisotopic (exact) mass is 447 g/mol. The Morgan fingerprint density at radius 2 is 1.93 bits per heavy atom. The van der Waals surface area contributed by atoms with E-state index in [9.17, 15) is 18.0 Å². The highest BCUT2D eigenvalue weighted by atomic mass is 32.2. The quantitative estimate of drug-likeness (QED) is 0.654. The number of thioether (sulfide) groups is 1. The van der Waals surface area contributed by atoms with Crippen molar-refractivity contribution in [3.8, 4) is 0 Å². The van der Waals surface area contributed by atoms with Gasteiger partial charge in [0.2, 0.25) is 5.91 Å². The highest BCUT2D eigenvalue weighted by molar-refractivity contribution is 7.99. The normalized spacial score (nSPS) is 21.1. The molecule has 1 saturated heterocycles. The number of aromatic nitrogens is 2. The Labute approximate surface area is 180 Å². The van der Waals surface area contributed by atoms with Gasteiger partial charge in [0.1, 0.15) is 0 Å². The van der Waals surface area contributed by atoms with E-state index in [2.05, 4.69) is 4.98 Å². The fourth-order valence-corrected chi connectivity index (χ4v) is 6.95. The van der Waals surface area contributed by atoms with Crippen molar-refractivity contribution < 1.29 is 13.2 Å². The third kappa shape index (κ3) is 3.92. The second-order valence-electron chi connectivity index (χ2n) is 7.93. The predicted octanol–water partition coefficient (Wildman–Crippen LogP) is 2.36. The maximum Gasteiger partial charge on any atom is 0.257 e. The first-order chi connectivity index (χ1) is 14.3. The zero-order chi connectivity index (χ0) is 21.5. The summed E-state index contributed by atoms with van der Waals surface area (Å²) in [5.74, 6) is 0.459. The number of amides is 1. The molecule has 2 aliphatic rings. The minimum absolute atomic E-state index is 0.0709. The Hall–Kier alpha value is -2.13. The van der Waals surface area contributed by atoms with Crippen LogP contribution in [-0.2, 0) is 14.6 Å². The predicted molar refractivity (Wildman–Crippen MR) is 116 cm³/mol. The lowest BCUT2D eigenvalue weighted by molar-refractivity contribution is -0.132. The van der Waals surface area contributed by atoms with Gasteiger partial charge < -0.3 is 4.90 Å². The maximum atomic E-state index is 13.1. The Morgan fingerprint density at radius 1 is 1.20 bits per heavy atom. The van der Waals surface area contributed by atoms with Crippen LogP contribution in [0.2, 0.25) is 0 Å². The first-order valence-corrected chi connectivity index (χ1v) is 12.7.